The van der Waals surface area contributed by atoms with Gasteiger partial charge in [-0.2, -0.15) is 18.2 Å². The second-order valence-corrected chi connectivity index (χ2v) is 9.93. The maximum Gasteiger partial charge on any atom is 0.418 e. The first-order chi connectivity index (χ1) is 16.7. The first-order valence-electron chi connectivity index (χ1n) is 9.92. The normalized spacial score (nSPS) is 18.4. The van der Waals surface area contributed by atoms with Crippen LogP contribution in [0.15, 0.2) is 40.2 Å². The number of hydrogen-bond donors (Lipinski definition) is 4. The smallest absolute Gasteiger partial charge is 0.418 e. The van der Waals surface area contributed by atoms with E-state index in [1.54, 1.807) is 0 Å². The summed E-state index contributed by atoms with van der Waals surface area (Å²) in [4.78, 5) is 46.7. The molecule has 1 aliphatic heterocycles. The van der Waals surface area contributed by atoms with E-state index in [2.05, 4.69) is 21.0 Å². The molecule has 1 amide bonds. The number of pyridine rings is 1. The number of carbonyl (C=O) groups excluding carboxylic acids is 2. The van der Waals surface area contributed by atoms with Crippen LogP contribution in [0.5, 0.6) is 5.75 Å². The molecule has 1 fully saturated rings. The molecule has 1 unspecified atom stereocenters. The fraction of sp³-hybridized carbons (Fsp3) is 0.316. The van der Waals surface area contributed by atoms with Crippen molar-refractivity contribution in [3.05, 3.63) is 51.9 Å². The van der Waals surface area contributed by atoms with Gasteiger partial charge in [-0.1, -0.05) is 11.7 Å². The van der Waals surface area contributed by atoms with Crippen molar-refractivity contribution >= 4 is 44.3 Å². The Morgan fingerprint density at radius 3 is 2.64 bits per heavy atom. The zero-order chi connectivity index (χ0) is 27.0. The minimum absolute atomic E-state index is 0.00743. The highest BCUT2D eigenvalue weighted by Crippen LogP contribution is 2.40. The summed E-state index contributed by atoms with van der Waals surface area (Å²) in [6.07, 6.45) is 0.156. The van der Waals surface area contributed by atoms with Crippen molar-refractivity contribution in [2.75, 3.05) is 5.73 Å². The monoisotopic (exact) mass is 543 g/mol. The van der Waals surface area contributed by atoms with Crippen molar-refractivity contribution in [2.45, 2.75) is 31.9 Å². The predicted molar refractivity (Wildman–Crippen MR) is 123 cm³/mol. The lowest BCUT2D eigenvalue weighted by Crippen LogP contribution is -2.68. The molecule has 0 bridgehead atoms. The van der Waals surface area contributed by atoms with Crippen molar-refractivity contribution in [1.29, 1.82) is 0 Å². The van der Waals surface area contributed by atoms with E-state index in [0.29, 0.717) is 9.79 Å². The molecule has 0 radical (unpaired) electrons. The third kappa shape index (κ3) is 5.38. The summed E-state index contributed by atoms with van der Waals surface area (Å²) in [6, 6.07) is 0.874. The van der Waals surface area contributed by atoms with Crippen LogP contribution in [0.2, 0.25) is 0 Å². The fourth-order valence-electron chi connectivity index (χ4n) is 3.35. The van der Waals surface area contributed by atoms with Crippen molar-refractivity contribution in [1.82, 2.24) is 14.8 Å². The number of hydrogen-bond acceptors (Lipinski definition) is 13. The highest BCUT2D eigenvalue weighted by molar-refractivity contribution is 7.80. The Morgan fingerprint density at radius 1 is 1.44 bits per heavy atom. The SMILES string of the molecule is C=CC(O/N=C(\C(=O)C[C@@H]1C(=O)N(OS(=O)(=O)O)C1(C)C)c1csc(N)n1)c1cc(=O)c(O)cn1O. The standard InChI is InChI=1S/C19H21N5O10S2/c1-4-15(11-6-12(25)14(27)7-23(11)29)33-22-16(10-8-35-18(20)21-10)13(26)5-9-17(28)24(19(9,2)3)34-36(30,31)32/h4,6-9,15,27,29H,1,5H2,2-3H3,(H2,20,21)(H,30,31,32)/b22-16-/t9-,15?/m1/s1. The van der Waals surface area contributed by atoms with Gasteiger partial charge in [-0.3, -0.25) is 18.9 Å². The van der Waals surface area contributed by atoms with Crippen molar-refractivity contribution in [3.8, 4) is 5.75 Å². The summed E-state index contributed by atoms with van der Waals surface area (Å²) in [7, 11) is -4.97. The number of nitrogens with zero attached hydrogens (tertiary/aromatic N) is 4. The Kier molecular flexibility index (Phi) is 7.21. The lowest BCUT2D eigenvalue weighted by atomic mass is 9.74. The van der Waals surface area contributed by atoms with Crippen LogP contribution in [0.4, 0.5) is 5.13 Å². The lowest BCUT2D eigenvalue weighted by molar-refractivity contribution is -0.228. The first kappa shape index (κ1) is 26.8. The van der Waals surface area contributed by atoms with Crippen LogP contribution >= 0.6 is 11.3 Å². The minimum Gasteiger partial charge on any atom is -0.503 e. The van der Waals surface area contributed by atoms with Gasteiger partial charge < -0.3 is 20.9 Å². The molecule has 0 spiro atoms. The zero-order valence-corrected chi connectivity index (χ0v) is 20.4. The number of anilines is 1. The average molecular weight is 544 g/mol. The van der Waals surface area contributed by atoms with Gasteiger partial charge in [0.2, 0.25) is 5.43 Å². The molecule has 3 heterocycles. The van der Waals surface area contributed by atoms with E-state index in [-0.39, 0.29) is 22.2 Å². The van der Waals surface area contributed by atoms with Crippen LogP contribution in [0.1, 0.15) is 37.8 Å². The summed E-state index contributed by atoms with van der Waals surface area (Å²) < 4.78 is 35.6. The Bertz CT molecular complexity index is 1410. The lowest BCUT2D eigenvalue weighted by Gasteiger charge is -2.50. The number of rotatable bonds is 10. The van der Waals surface area contributed by atoms with Gasteiger partial charge in [-0.15, -0.1) is 15.6 Å². The number of aromatic nitrogens is 2. The molecule has 0 aliphatic carbocycles. The molecule has 2 atom stereocenters. The average Bonchev–Trinajstić information content (AvgIpc) is 3.21. The van der Waals surface area contributed by atoms with E-state index < -0.39 is 57.2 Å². The number of amides is 1. The molecule has 3 rings (SSSR count). The van der Waals surface area contributed by atoms with Crippen LogP contribution < -0.4 is 11.2 Å². The van der Waals surface area contributed by atoms with Gasteiger partial charge in [-0.05, 0) is 19.9 Å². The number of β-lactam (4-membered cyclic amide) rings is 1. The van der Waals surface area contributed by atoms with Crippen molar-refractivity contribution in [2.24, 2.45) is 11.1 Å². The molecule has 2 aromatic heterocycles. The van der Waals surface area contributed by atoms with Gasteiger partial charge in [-0.25, -0.2) is 4.98 Å². The first-order valence-corrected chi connectivity index (χ1v) is 12.2. The van der Waals surface area contributed by atoms with Crippen LogP contribution in [-0.4, -0.2) is 61.0 Å². The Morgan fingerprint density at radius 2 is 2.11 bits per heavy atom. The summed E-state index contributed by atoms with van der Waals surface area (Å²) in [5.74, 6) is -3.39. The van der Waals surface area contributed by atoms with Gasteiger partial charge in [0.15, 0.2) is 28.5 Å². The number of carbonyl (C=O) groups is 2. The molecule has 5 N–H and O–H groups in total. The van der Waals surface area contributed by atoms with E-state index in [1.165, 1.54) is 19.2 Å². The maximum atomic E-state index is 13.2. The summed E-state index contributed by atoms with van der Waals surface area (Å²) >= 11 is 0.993. The van der Waals surface area contributed by atoms with Gasteiger partial charge in [0.1, 0.15) is 11.4 Å². The molecule has 0 aromatic carbocycles. The van der Waals surface area contributed by atoms with Crippen LogP contribution in [0.3, 0.4) is 0 Å². The Hall–Kier alpha value is -3.80. The summed E-state index contributed by atoms with van der Waals surface area (Å²) in [5.41, 5.74) is 3.01. The number of hydroxylamine groups is 2. The van der Waals surface area contributed by atoms with E-state index in [9.17, 15) is 33.1 Å². The second-order valence-electron chi connectivity index (χ2n) is 8.03. The molecule has 2 aromatic rings. The van der Waals surface area contributed by atoms with Gasteiger partial charge in [0.25, 0.3) is 5.91 Å². The number of Topliss-reactive ketones (excluding diaryl/α,β-unsaturated/α-hetero) is 1. The molecular formula is C19H21N5O10S2. The minimum atomic E-state index is -4.97. The quantitative estimate of drug-likeness (QED) is 0.0798. The van der Waals surface area contributed by atoms with Crippen LogP contribution in [0, 0.1) is 5.92 Å². The molecule has 36 heavy (non-hydrogen) atoms. The second kappa shape index (κ2) is 9.69. The third-order valence-corrected chi connectivity index (χ3v) is 6.28. The van der Waals surface area contributed by atoms with Crippen molar-refractivity contribution < 1.29 is 42.0 Å². The largest absolute Gasteiger partial charge is 0.503 e. The highest BCUT2D eigenvalue weighted by Gasteiger charge is 2.57. The number of aromatic hydroxyl groups is 1. The molecule has 17 heteroatoms. The fourth-order valence-corrected chi connectivity index (χ4v) is 4.36. The Balaban J connectivity index is 1.89. The topological polar surface area (TPSA) is 224 Å². The molecular weight excluding hydrogens is 522 g/mol. The highest BCUT2D eigenvalue weighted by atomic mass is 32.3. The number of ketones is 1. The molecule has 194 valence electrons. The van der Waals surface area contributed by atoms with Crippen LogP contribution in [-0.2, 0) is 29.1 Å². The van der Waals surface area contributed by atoms with Gasteiger partial charge in [0, 0.05) is 17.9 Å². The third-order valence-electron chi connectivity index (χ3n) is 5.27. The molecule has 0 saturated carbocycles. The maximum absolute atomic E-state index is 13.2. The molecule has 15 nitrogen and oxygen atoms in total. The van der Waals surface area contributed by atoms with Gasteiger partial charge >= 0.3 is 10.4 Å². The van der Waals surface area contributed by atoms with Crippen LogP contribution in [0.25, 0.3) is 0 Å². The molecule has 1 aliphatic rings. The summed E-state index contributed by atoms with van der Waals surface area (Å²) in [5, 5.41) is 25.2. The van der Waals surface area contributed by atoms with E-state index in [0.717, 1.165) is 29.7 Å². The predicted octanol–water partition coefficient (Wildman–Crippen LogP) is 0.409. The number of nitrogen functional groups attached to an aromatic ring is 1. The number of nitrogens with two attached hydrogens (primary N) is 1. The Labute approximate surface area is 207 Å². The van der Waals surface area contributed by atoms with E-state index in [1.807, 2.05) is 0 Å². The number of thiazole rings is 1. The van der Waals surface area contributed by atoms with Gasteiger partial charge in [0.05, 0.1) is 17.7 Å². The van der Waals surface area contributed by atoms with E-state index in [4.69, 9.17) is 15.1 Å². The molecule has 1 saturated heterocycles. The summed E-state index contributed by atoms with van der Waals surface area (Å²) in [6.45, 7) is 6.37. The zero-order valence-electron chi connectivity index (χ0n) is 18.8. The van der Waals surface area contributed by atoms with Crippen molar-refractivity contribution in [3.63, 3.8) is 0 Å². The number of oxime groups is 1. The van der Waals surface area contributed by atoms with E-state index >= 15 is 0 Å².